The SMILES string of the molecule is CC(C)(O/N=C(\C(=O)N[C@@H]1C(=O)N2C(C(=O)O)=C(/C=C/c3ccc([N+](=O)[O-])cc3[N+](=O)[O-])CS[C@@H]12)c1csc(N)n1)C(=O)O. The van der Waals surface area contributed by atoms with Gasteiger partial charge in [0.15, 0.2) is 10.8 Å². The molecule has 2 atom stereocenters. The fraction of sp³-hybridized carbons (Fsp3) is 0.250. The lowest BCUT2D eigenvalue weighted by atomic mass is 10.0. The summed E-state index contributed by atoms with van der Waals surface area (Å²) in [6.07, 6.45) is 2.48. The molecule has 2 aliphatic rings. The van der Waals surface area contributed by atoms with Crippen LogP contribution in [0.25, 0.3) is 6.08 Å². The fourth-order valence-corrected chi connectivity index (χ4v) is 5.78. The Hall–Kier alpha value is -5.37. The molecule has 44 heavy (non-hydrogen) atoms. The number of oxime groups is 1. The second-order valence-electron chi connectivity index (χ2n) is 9.55. The summed E-state index contributed by atoms with van der Waals surface area (Å²) in [6, 6.07) is 1.76. The van der Waals surface area contributed by atoms with Crippen LogP contribution in [0.3, 0.4) is 0 Å². The Morgan fingerprint density at radius 1 is 1.23 bits per heavy atom. The molecular weight excluding hydrogens is 626 g/mol. The van der Waals surface area contributed by atoms with E-state index in [2.05, 4.69) is 15.5 Å². The number of nitrogens with zero attached hydrogens (tertiary/aromatic N) is 5. The van der Waals surface area contributed by atoms with Gasteiger partial charge in [0.2, 0.25) is 5.60 Å². The zero-order chi connectivity index (χ0) is 32.5. The second-order valence-corrected chi connectivity index (χ2v) is 11.5. The lowest BCUT2D eigenvalue weighted by Gasteiger charge is -2.49. The van der Waals surface area contributed by atoms with Gasteiger partial charge in [-0.3, -0.25) is 34.7 Å². The highest BCUT2D eigenvalue weighted by molar-refractivity contribution is 8.00. The summed E-state index contributed by atoms with van der Waals surface area (Å²) in [4.78, 5) is 80.7. The van der Waals surface area contributed by atoms with Crippen molar-refractivity contribution in [2.75, 3.05) is 11.5 Å². The number of thiazole rings is 1. The summed E-state index contributed by atoms with van der Waals surface area (Å²) in [5, 5.41) is 48.4. The highest BCUT2D eigenvalue weighted by Gasteiger charge is 2.54. The molecule has 0 aliphatic carbocycles. The minimum Gasteiger partial charge on any atom is -0.478 e. The number of hydrogen-bond acceptors (Lipinski definition) is 14. The van der Waals surface area contributed by atoms with Crippen molar-refractivity contribution in [1.29, 1.82) is 0 Å². The number of aliphatic carboxylic acids is 2. The minimum atomic E-state index is -1.82. The number of rotatable bonds is 11. The zero-order valence-electron chi connectivity index (χ0n) is 22.5. The van der Waals surface area contributed by atoms with Crippen LogP contribution in [0.2, 0.25) is 0 Å². The number of carboxylic acids is 2. The highest BCUT2D eigenvalue weighted by atomic mass is 32.2. The van der Waals surface area contributed by atoms with Crippen LogP contribution >= 0.6 is 23.1 Å². The van der Waals surface area contributed by atoms with Gasteiger partial charge in [0.25, 0.3) is 23.2 Å². The number of allylic oxidation sites excluding steroid dienone is 1. The van der Waals surface area contributed by atoms with Gasteiger partial charge in [0.1, 0.15) is 22.8 Å². The number of β-lactam (4-membered cyclic amide) rings is 1. The molecule has 0 radical (unpaired) electrons. The predicted molar refractivity (Wildman–Crippen MR) is 154 cm³/mol. The molecule has 4 rings (SSSR count). The van der Waals surface area contributed by atoms with Crippen molar-refractivity contribution < 1.29 is 44.1 Å². The molecule has 18 nitrogen and oxygen atoms in total. The van der Waals surface area contributed by atoms with Gasteiger partial charge in [0.05, 0.1) is 21.5 Å². The quantitative estimate of drug-likeness (QED) is 0.117. The number of nitrogens with one attached hydrogen (secondary N) is 1. The molecule has 2 aliphatic heterocycles. The van der Waals surface area contributed by atoms with Crippen molar-refractivity contribution in [1.82, 2.24) is 15.2 Å². The summed E-state index contributed by atoms with van der Waals surface area (Å²) in [5.74, 6) is -4.59. The van der Waals surface area contributed by atoms with E-state index in [1.54, 1.807) is 0 Å². The number of anilines is 1. The topological polar surface area (TPSA) is 271 Å². The largest absolute Gasteiger partial charge is 0.478 e. The first-order valence-corrected chi connectivity index (χ1v) is 14.1. The maximum Gasteiger partial charge on any atom is 0.352 e. The van der Waals surface area contributed by atoms with Crippen LogP contribution in [0.4, 0.5) is 16.5 Å². The number of amides is 2. The molecule has 2 aromatic rings. The van der Waals surface area contributed by atoms with Gasteiger partial charge in [-0.2, -0.15) is 0 Å². The van der Waals surface area contributed by atoms with Crippen molar-refractivity contribution in [2.45, 2.75) is 30.9 Å². The lowest BCUT2D eigenvalue weighted by molar-refractivity contribution is -0.394. The maximum atomic E-state index is 13.2. The first kappa shape index (κ1) is 31.6. The van der Waals surface area contributed by atoms with Crippen molar-refractivity contribution in [3.63, 3.8) is 0 Å². The van der Waals surface area contributed by atoms with Gasteiger partial charge in [-0.15, -0.1) is 23.1 Å². The Morgan fingerprint density at radius 2 is 1.93 bits per heavy atom. The number of benzene rings is 1. The normalized spacial score (nSPS) is 18.5. The van der Waals surface area contributed by atoms with E-state index in [0.29, 0.717) is 0 Å². The number of carbonyl (C=O) groups is 4. The number of aromatic nitrogens is 1. The molecule has 0 bridgehead atoms. The maximum absolute atomic E-state index is 13.2. The number of hydrogen-bond donors (Lipinski definition) is 4. The molecule has 5 N–H and O–H groups in total. The third kappa shape index (κ3) is 6.20. The molecule has 3 heterocycles. The second kappa shape index (κ2) is 12.1. The smallest absolute Gasteiger partial charge is 0.352 e. The molecule has 0 saturated carbocycles. The van der Waals surface area contributed by atoms with Gasteiger partial charge in [-0.05, 0) is 31.6 Å². The Labute approximate surface area is 254 Å². The van der Waals surface area contributed by atoms with Crippen LogP contribution in [-0.2, 0) is 24.0 Å². The Bertz CT molecular complexity index is 1700. The molecule has 2 amide bonds. The standard InChI is InChI=1S/C24H21N7O11S2/c1-24(2,22(36)37)42-28-15(13-9-44-23(25)26-13)18(32)27-16-19(33)29-17(21(34)35)11(8-43-20(16)29)4-3-10-5-6-12(30(38)39)7-14(10)31(40)41/h3-7,9,16,20H,8H2,1-2H3,(H2,25,26)(H,27,32)(H,34,35)(H,36,37)/b4-3+,28-15-/t16-,20+/m1/s1. The van der Waals surface area contributed by atoms with E-state index in [-0.39, 0.29) is 27.7 Å². The van der Waals surface area contributed by atoms with Crippen LogP contribution in [0.5, 0.6) is 0 Å². The van der Waals surface area contributed by atoms with E-state index < -0.39 is 73.4 Å². The molecule has 1 saturated heterocycles. The van der Waals surface area contributed by atoms with Crippen LogP contribution in [0.15, 0.2) is 46.1 Å². The zero-order valence-corrected chi connectivity index (χ0v) is 24.2. The summed E-state index contributed by atoms with van der Waals surface area (Å²) in [5.41, 5.74) is 1.89. The summed E-state index contributed by atoms with van der Waals surface area (Å²) in [7, 11) is 0. The van der Waals surface area contributed by atoms with Crippen LogP contribution < -0.4 is 11.1 Å². The van der Waals surface area contributed by atoms with E-state index in [0.717, 1.165) is 46.2 Å². The number of nitro benzene ring substituents is 2. The third-order valence-electron chi connectivity index (χ3n) is 6.23. The number of nitro groups is 2. The third-order valence-corrected chi connectivity index (χ3v) is 8.21. The molecule has 1 aromatic heterocycles. The Balaban J connectivity index is 1.58. The molecule has 230 valence electrons. The Morgan fingerprint density at radius 3 is 2.50 bits per heavy atom. The van der Waals surface area contributed by atoms with Gasteiger partial charge in [-0.25, -0.2) is 14.6 Å². The van der Waals surface area contributed by atoms with E-state index >= 15 is 0 Å². The van der Waals surface area contributed by atoms with Crippen LogP contribution in [0, 0.1) is 20.2 Å². The summed E-state index contributed by atoms with van der Waals surface area (Å²) >= 11 is 2.06. The van der Waals surface area contributed by atoms with Crippen LogP contribution in [0.1, 0.15) is 25.1 Å². The molecule has 1 aromatic carbocycles. The average Bonchev–Trinajstić information content (AvgIpc) is 3.39. The van der Waals surface area contributed by atoms with Crippen molar-refractivity contribution in [3.05, 3.63) is 72.4 Å². The van der Waals surface area contributed by atoms with Gasteiger partial charge < -0.3 is 26.1 Å². The van der Waals surface area contributed by atoms with Crippen molar-refractivity contribution in [3.8, 4) is 0 Å². The van der Waals surface area contributed by atoms with Gasteiger partial charge >= 0.3 is 11.9 Å². The van der Waals surface area contributed by atoms with E-state index in [1.165, 1.54) is 31.4 Å². The monoisotopic (exact) mass is 647 g/mol. The highest BCUT2D eigenvalue weighted by Crippen LogP contribution is 2.41. The van der Waals surface area contributed by atoms with E-state index in [1.807, 2.05) is 0 Å². The Kier molecular flexibility index (Phi) is 8.67. The number of nitrogens with two attached hydrogens (primary N) is 1. The van der Waals surface area contributed by atoms with Gasteiger partial charge in [0, 0.05) is 17.2 Å². The average molecular weight is 648 g/mol. The number of fused-ring (bicyclic) bond motifs is 1. The minimum absolute atomic E-state index is 0.0131. The van der Waals surface area contributed by atoms with Crippen molar-refractivity contribution in [2.24, 2.45) is 5.16 Å². The number of thioether (sulfide) groups is 1. The fourth-order valence-electron chi connectivity index (χ4n) is 3.92. The van der Waals surface area contributed by atoms with Gasteiger partial charge in [-0.1, -0.05) is 11.2 Å². The predicted octanol–water partition coefficient (Wildman–Crippen LogP) is 1.58. The number of nitrogen functional groups attached to an aromatic ring is 1. The number of non-ortho nitro benzene ring substituents is 1. The first-order chi connectivity index (χ1) is 20.6. The number of carbonyl (C=O) groups excluding carboxylic acids is 2. The van der Waals surface area contributed by atoms with E-state index in [9.17, 15) is 49.6 Å². The summed E-state index contributed by atoms with van der Waals surface area (Å²) < 4.78 is 0. The molecule has 0 unspecified atom stereocenters. The first-order valence-electron chi connectivity index (χ1n) is 12.2. The molecular formula is C24H21N7O11S2. The summed E-state index contributed by atoms with van der Waals surface area (Å²) in [6.45, 7) is 2.39. The molecule has 1 fully saturated rings. The molecule has 0 spiro atoms. The van der Waals surface area contributed by atoms with Crippen molar-refractivity contribution >= 4 is 75.1 Å². The van der Waals surface area contributed by atoms with Crippen LogP contribution in [-0.4, -0.2) is 82.2 Å². The molecule has 20 heteroatoms. The lowest BCUT2D eigenvalue weighted by Crippen LogP contribution is -2.71. The van der Waals surface area contributed by atoms with E-state index in [4.69, 9.17) is 10.6 Å². The number of carboxylic acid groups (broad SMARTS) is 2.